The number of thiazole rings is 1. The van der Waals surface area contributed by atoms with Gasteiger partial charge in [-0.25, -0.2) is 4.98 Å². The summed E-state index contributed by atoms with van der Waals surface area (Å²) < 4.78 is 5.01. The summed E-state index contributed by atoms with van der Waals surface area (Å²) in [5.41, 5.74) is 1.75. The highest BCUT2D eigenvalue weighted by Gasteiger charge is 2.11. The van der Waals surface area contributed by atoms with Gasteiger partial charge in [0, 0.05) is 12.7 Å². The summed E-state index contributed by atoms with van der Waals surface area (Å²) in [7, 11) is 1.60. The number of aromatic nitrogens is 1. The van der Waals surface area contributed by atoms with E-state index in [4.69, 9.17) is 10.00 Å². The van der Waals surface area contributed by atoms with E-state index in [9.17, 15) is 0 Å². The maximum absolute atomic E-state index is 8.97. The van der Waals surface area contributed by atoms with E-state index in [2.05, 4.69) is 11.1 Å². The highest BCUT2D eigenvalue weighted by atomic mass is 32.1. The predicted octanol–water partition coefficient (Wildman–Crippen LogP) is 2.83. The molecular formula is C12H10N2OS. The second-order valence-electron chi connectivity index (χ2n) is 3.21. The Hall–Kier alpha value is -1.70. The molecule has 2 rings (SSSR count). The number of benzene rings is 1. The average Bonchev–Trinajstić information content (AvgIpc) is 2.74. The molecule has 0 radical (unpaired) electrons. The van der Waals surface area contributed by atoms with E-state index in [-0.39, 0.29) is 0 Å². The van der Waals surface area contributed by atoms with Gasteiger partial charge in [0.1, 0.15) is 16.0 Å². The minimum atomic E-state index is 0.381. The molecule has 0 spiro atoms. The SMILES string of the molecule is COCc1nc(-c2ccccc2)sc1C#N. The van der Waals surface area contributed by atoms with Crippen LogP contribution in [0.5, 0.6) is 0 Å². The highest BCUT2D eigenvalue weighted by molar-refractivity contribution is 7.15. The third kappa shape index (κ3) is 2.11. The van der Waals surface area contributed by atoms with Crippen LogP contribution in [-0.4, -0.2) is 12.1 Å². The summed E-state index contributed by atoms with van der Waals surface area (Å²) in [6, 6.07) is 12.0. The molecule has 3 nitrogen and oxygen atoms in total. The lowest BCUT2D eigenvalue weighted by Crippen LogP contribution is -1.90. The first-order valence-corrected chi connectivity index (χ1v) is 5.61. The molecule has 0 aliphatic heterocycles. The first-order chi connectivity index (χ1) is 7.85. The molecule has 0 unspecified atom stereocenters. The van der Waals surface area contributed by atoms with E-state index in [0.717, 1.165) is 10.6 Å². The van der Waals surface area contributed by atoms with E-state index in [1.807, 2.05) is 30.3 Å². The molecule has 0 fully saturated rings. The van der Waals surface area contributed by atoms with Gasteiger partial charge >= 0.3 is 0 Å². The highest BCUT2D eigenvalue weighted by Crippen LogP contribution is 2.27. The average molecular weight is 230 g/mol. The Balaban J connectivity index is 2.41. The number of hydrogen-bond acceptors (Lipinski definition) is 4. The molecule has 1 heterocycles. The van der Waals surface area contributed by atoms with Gasteiger partial charge in [0.15, 0.2) is 0 Å². The van der Waals surface area contributed by atoms with Gasteiger partial charge in [-0.15, -0.1) is 11.3 Å². The number of rotatable bonds is 3. The third-order valence-corrected chi connectivity index (χ3v) is 3.15. The Labute approximate surface area is 97.9 Å². The van der Waals surface area contributed by atoms with Crippen molar-refractivity contribution in [1.29, 1.82) is 5.26 Å². The molecule has 80 valence electrons. The molecule has 0 aliphatic rings. The van der Waals surface area contributed by atoms with Gasteiger partial charge in [0.05, 0.1) is 12.3 Å². The second kappa shape index (κ2) is 4.88. The Morgan fingerprint density at radius 1 is 1.38 bits per heavy atom. The van der Waals surface area contributed by atoms with Crippen molar-refractivity contribution in [2.75, 3.05) is 7.11 Å². The summed E-state index contributed by atoms with van der Waals surface area (Å²) in [6.45, 7) is 0.381. The standard InChI is InChI=1S/C12H10N2OS/c1-15-8-10-11(7-13)16-12(14-10)9-5-3-2-4-6-9/h2-6H,8H2,1H3. The van der Waals surface area contributed by atoms with Gasteiger partial charge in [-0.3, -0.25) is 0 Å². The maximum atomic E-state index is 8.97. The quantitative estimate of drug-likeness (QED) is 0.814. The summed E-state index contributed by atoms with van der Waals surface area (Å²) in [6.07, 6.45) is 0. The summed E-state index contributed by atoms with van der Waals surface area (Å²) in [4.78, 5) is 5.04. The van der Waals surface area contributed by atoms with Crippen molar-refractivity contribution < 1.29 is 4.74 Å². The molecule has 0 N–H and O–H groups in total. The third-order valence-electron chi connectivity index (χ3n) is 2.10. The van der Waals surface area contributed by atoms with Gasteiger partial charge in [-0.1, -0.05) is 30.3 Å². The number of ether oxygens (including phenoxy) is 1. The molecule has 0 saturated heterocycles. The lowest BCUT2D eigenvalue weighted by atomic mass is 10.2. The number of nitriles is 1. The Morgan fingerprint density at radius 2 is 2.12 bits per heavy atom. The molecule has 0 amide bonds. The predicted molar refractivity (Wildman–Crippen MR) is 63.0 cm³/mol. The van der Waals surface area contributed by atoms with Crippen molar-refractivity contribution in [3.8, 4) is 16.6 Å². The fourth-order valence-electron chi connectivity index (χ4n) is 1.38. The van der Waals surface area contributed by atoms with E-state index in [1.165, 1.54) is 11.3 Å². The van der Waals surface area contributed by atoms with Crippen LogP contribution >= 0.6 is 11.3 Å². The van der Waals surface area contributed by atoms with Crippen LogP contribution in [0.2, 0.25) is 0 Å². The fraction of sp³-hybridized carbons (Fsp3) is 0.167. The molecule has 4 heteroatoms. The Kier molecular flexibility index (Phi) is 3.30. The minimum Gasteiger partial charge on any atom is -0.378 e. The van der Waals surface area contributed by atoms with Gasteiger partial charge in [0.25, 0.3) is 0 Å². The van der Waals surface area contributed by atoms with E-state index < -0.39 is 0 Å². The van der Waals surface area contributed by atoms with Crippen molar-refractivity contribution in [3.05, 3.63) is 40.9 Å². The lowest BCUT2D eigenvalue weighted by Gasteiger charge is -1.94. The number of methoxy groups -OCH3 is 1. The van der Waals surface area contributed by atoms with Crippen LogP contribution in [0, 0.1) is 11.3 Å². The number of nitrogens with zero attached hydrogens (tertiary/aromatic N) is 2. The first kappa shape index (κ1) is 10.8. The van der Waals surface area contributed by atoms with Crippen LogP contribution in [0.3, 0.4) is 0 Å². The molecule has 1 aromatic heterocycles. The van der Waals surface area contributed by atoms with Crippen LogP contribution in [0.1, 0.15) is 10.6 Å². The summed E-state index contributed by atoms with van der Waals surface area (Å²) >= 11 is 1.40. The van der Waals surface area contributed by atoms with Crippen LogP contribution in [0.15, 0.2) is 30.3 Å². The molecule has 1 aromatic carbocycles. The second-order valence-corrected chi connectivity index (χ2v) is 4.20. The smallest absolute Gasteiger partial charge is 0.130 e. The molecule has 16 heavy (non-hydrogen) atoms. The lowest BCUT2D eigenvalue weighted by molar-refractivity contribution is 0.182. The van der Waals surface area contributed by atoms with Crippen LogP contribution in [0.4, 0.5) is 0 Å². The van der Waals surface area contributed by atoms with Crippen LogP contribution in [-0.2, 0) is 11.3 Å². The molecule has 0 saturated carbocycles. The molecule has 0 bridgehead atoms. The van der Waals surface area contributed by atoms with Crippen molar-refractivity contribution >= 4 is 11.3 Å². The van der Waals surface area contributed by atoms with Gasteiger partial charge < -0.3 is 4.74 Å². The Morgan fingerprint density at radius 3 is 2.75 bits per heavy atom. The van der Waals surface area contributed by atoms with Gasteiger partial charge in [-0.2, -0.15) is 5.26 Å². The normalized spacial score (nSPS) is 10.0. The van der Waals surface area contributed by atoms with Crippen molar-refractivity contribution in [2.45, 2.75) is 6.61 Å². The number of hydrogen-bond donors (Lipinski definition) is 0. The zero-order valence-corrected chi connectivity index (χ0v) is 9.62. The Bertz CT molecular complexity index is 514. The monoisotopic (exact) mass is 230 g/mol. The maximum Gasteiger partial charge on any atom is 0.130 e. The van der Waals surface area contributed by atoms with E-state index in [0.29, 0.717) is 17.2 Å². The zero-order chi connectivity index (χ0) is 11.4. The largest absolute Gasteiger partial charge is 0.378 e. The van der Waals surface area contributed by atoms with Crippen LogP contribution in [0.25, 0.3) is 10.6 Å². The van der Waals surface area contributed by atoms with Gasteiger partial charge in [0.2, 0.25) is 0 Å². The van der Waals surface area contributed by atoms with Crippen LogP contribution < -0.4 is 0 Å². The zero-order valence-electron chi connectivity index (χ0n) is 8.80. The fourth-order valence-corrected chi connectivity index (χ4v) is 2.25. The molecule has 0 atom stereocenters. The first-order valence-electron chi connectivity index (χ1n) is 4.79. The molecular weight excluding hydrogens is 220 g/mol. The van der Waals surface area contributed by atoms with Crippen molar-refractivity contribution in [2.24, 2.45) is 0 Å². The summed E-state index contributed by atoms with van der Waals surface area (Å²) in [5, 5.41) is 9.84. The topological polar surface area (TPSA) is 45.9 Å². The van der Waals surface area contributed by atoms with Gasteiger partial charge in [-0.05, 0) is 0 Å². The van der Waals surface area contributed by atoms with E-state index in [1.54, 1.807) is 7.11 Å². The molecule has 0 aliphatic carbocycles. The van der Waals surface area contributed by atoms with Crippen molar-refractivity contribution in [3.63, 3.8) is 0 Å². The molecule has 2 aromatic rings. The van der Waals surface area contributed by atoms with Crippen molar-refractivity contribution in [1.82, 2.24) is 4.98 Å². The minimum absolute atomic E-state index is 0.381. The summed E-state index contributed by atoms with van der Waals surface area (Å²) in [5.74, 6) is 0. The van der Waals surface area contributed by atoms with E-state index >= 15 is 0 Å².